The highest BCUT2D eigenvalue weighted by Gasteiger charge is 2.14. The Morgan fingerprint density at radius 2 is 2.10 bits per heavy atom. The highest BCUT2D eigenvalue weighted by Crippen LogP contribution is 2.14. The topological polar surface area (TPSA) is 67.2 Å². The molecular weight excluding hydrogens is 294 g/mol. The van der Waals surface area contributed by atoms with Gasteiger partial charge in [0.1, 0.15) is 0 Å². The van der Waals surface area contributed by atoms with Crippen LogP contribution in [-0.2, 0) is 21.2 Å². The van der Waals surface area contributed by atoms with E-state index in [9.17, 15) is 8.42 Å². The van der Waals surface area contributed by atoms with E-state index in [4.69, 9.17) is 10.00 Å². The number of hydrogen-bond acceptors (Lipinski definition) is 5. The Bertz CT molecular complexity index is 700. The fraction of sp³-hybridized carbons (Fsp3) is 0.214. The predicted molar refractivity (Wildman–Crippen MR) is 77.2 cm³/mol. The Balaban J connectivity index is 1.92. The summed E-state index contributed by atoms with van der Waals surface area (Å²) in [5.41, 5.74) is 0.338. The first kappa shape index (κ1) is 14.7. The van der Waals surface area contributed by atoms with Gasteiger partial charge in [0.2, 0.25) is 0 Å². The van der Waals surface area contributed by atoms with Crippen molar-refractivity contribution >= 4 is 21.2 Å². The molecule has 1 aromatic heterocycles. The molecule has 0 aliphatic heterocycles. The quantitative estimate of drug-likeness (QED) is 0.769. The number of benzene rings is 1. The summed E-state index contributed by atoms with van der Waals surface area (Å²) in [6, 6.07) is 11.8. The minimum atomic E-state index is -3.41. The van der Waals surface area contributed by atoms with Gasteiger partial charge < -0.3 is 4.74 Å². The van der Waals surface area contributed by atoms with Crippen LogP contribution >= 0.6 is 11.3 Å². The van der Waals surface area contributed by atoms with Crippen molar-refractivity contribution in [2.75, 3.05) is 12.4 Å². The second-order valence-corrected chi connectivity index (χ2v) is 7.23. The zero-order chi connectivity index (χ0) is 14.4. The van der Waals surface area contributed by atoms with Crippen molar-refractivity contribution in [2.45, 2.75) is 11.5 Å². The van der Waals surface area contributed by atoms with Gasteiger partial charge in [-0.2, -0.15) is 5.26 Å². The van der Waals surface area contributed by atoms with Gasteiger partial charge in [-0.1, -0.05) is 12.1 Å². The zero-order valence-corrected chi connectivity index (χ0v) is 12.3. The summed E-state index contributed by atoms with van der Waals surface area (Å²) in [6.07, 6.45) is 0. The molecule has 0 N–H and O–H groups in total. The Hall–Kier alpha value is -1.68. The molecule has 0 fully saturated rings. The largest absolute Gasteiger partial charge is 0.375 e. The third-order valence-corrected chi connectivity index (χ3v) is 5.17. The zero-order valence-electron chi connectivity index (χ0n) is 10.7. The molecule has 0 radical (unpaired) electrons. The van der Waals surface area contributed by atoms with Crippen LogP contribution in [0, 0.1) is 11.3 Å². The molecular formula is C14H13NO3S2. The molecule has 0 amide bonds. The second kappa shape index (κ2) is 6.66. The van der Waals surface area contributed by atoms with Gasteiger partial charge in [0.05, 0.1) is 35.5 Å². The normalized spacial score (nSPS) is 11.2. The van der Waals surface area contributed by atoms with Crippen molar-refractivity contribution in [3.63, 3.8) is 0 Å². The first-order chi connectivity index (χ1) is 9.62. The maximum Gasteiger partial charge on any atom is 0.180 e. The van der Waals surface area contributed by atoms with Crippen LogP contribution in [0.5, 0.6) is 0 Å². The molecule has 20 heavy (non-hydrogen) atoms. The Morgan fingerprint density at radius 1 is 1.25 bits per heavy atom. The summed E-state index contributed by atoms with van der Waals surface area (Å²) in [5.74, 6) is -0.0900. The minimum absolute atomic E-state index is 0.0900. The predicted octanol–water partition coefficient (Wildman–Crippen LogP) is 2.61. The number of nitriles is 1. The number of ether oxygens (including phenoxy) is 1. The summed E-state index contributed by atoms with van der Waals surface area (Å²) in [7, 11) is -3.41. The number of thiophene rings is 1. The summed E-state index contributed by atoms with van der Waals surface area (Å²) >= 11 is 1.57. The molecule has 4 nitrogen and oxygen atoms in total. The molecule has 0 saturated heterocycles. The van der Waals surface area contributed by atoms with Gasteiger partial charge in [0, 0.05) is 4.88 Å². The molecule has 0 aliphatic carbocycles. The van der Waals surface area contributed by atoms with Crippen molar-refractivity contribution in [2.24, 2.45) is 0 Å². The highest BCUT2D eigenvalue weighted by molar-refractivity contribution is 7.91. The molecule has 0 atom stereocenters. The van der Waals surface area contributed by atoms with E-state index in [1.807, 2.05) is 23.6 Å². The van der Waals surface area contributed by atoms with E-state index in [1.165, 1.54) is 12.1 Å². The number of rotatable bonds is 6. The van der Waals surface area contributed by atoms with Crippen molar-refractivity contribution in [3.8, 4) is 6.07 Å². The summed E-state index contributed by atoms with van der Waals surface area (Å²) in [4.78, 5) is 1.23. The lowest BCUT2D eigenvalue weighted by Crippen LogP contribution is -2.12. The van der Waals surface area contributed by atoms with Crippen LogP contribution in [0.15, 0.2) is 46.7 Å². The third-order valence-electron chi connectivity index (χ3n) is 2.64. The lowest BCUT2D eigenvalue weighted by molar-refractivity contribution is 0.137. The van der Waals surface area contributed by atoms with Gasteiger partial charge in [-0.3, -0.25) is 0 Å². The lowest BCUT2D eigenvalue weighted by atomic mass is 10.2. The first-order valence-corrected chi connectivity index (χ1v) is 8.48. The lowest BCUT2D eigenvalue weighted by Gasteiger charge is -2.05. The van der Waals surface area contributed by atoms with E-state index >= 15 is 0 Å². The molecule has 2 rings (SSSR count). The van der Waals surface area contributed by atoms with Crippen molar-refractivity contribution in [1.82, 2.24) is 0 Å². The Kier molecular flexibility index (Phi) is 4.90. The standard InChI is InChI=1S/C14H13NO3S2/c15-10-12-3-1-5-14(9-12)20(16,17)8-6-18-11-13-4-2-7-19-13/h1-5,7,9H,6,8,11H2. The molecule has 6 heteroatoms. The maximum atomic E-state index is 12.1. The molecule has 0 bridgehead atoms. The second-order valence-electron chi connectivity index (χ2n) is 4.09. The van der Waals surface area contributed by atoms with Crippen LogP contribution in [0.25, 0.3) is 0 Å². The summed E-state index contributed by atoms with van der Waals surface area (Å²) in [5, 5.41) is 10.7. The van der Waals surface area contributed by atoms with E-state index in [1.54, 1.807) is 23.5 Å². The van der Waals surface area contributed by atoms with E-state index < -0.39 is 9.84 Å². The summed E-state index contributed by atoms with van der Waals surface area (Å²) in [6.45, 7) is 0.558. The highest BCUT2D eigenvalue weighted by atomic mass is 32.2. The number of nitrogens with zero attached hydrogens (tertiary/aromatic N) is 1. The monoisotopic (exact) mass is 307 g/mol. The number of hydrogen-bond donors (Lipinski definition) is 0. The van der Waals surface area contributed by atoms with Gasteiger partial charge >= 0.3 is 0 Å². The average molecular weight is 307 g/mol. The number of sulfone groups is 1. The van der Waals surface area contributed by atoms with E-state index in [-0.39, 0.29) is 17.3 Å². The molecule has 1 aromatic carbocycles. The average Bonchev–Trinajstić information content (AvgIpc) is 2.97. The van der Waals surface area contributed by atoms with Crippen LogP contribution in [0.4, 0.5) is 0 Å². The third kappa shape index (κ3) is 3.90. The molecule has 0 spiro atoms. The molecule has 0 saturated carbocycles. The van der Waals surface area contributed by atoms with E-state index in [0.717, 1.165) is 4.88 Å². The van der Waals surface area contributed by atoms with Crippen LogP contribution in [0.3, 0.4) is 0 Å². The Morgan fingerprint density at radius 3 is 2.80 bits per heavy atom. The fourth-order valence-electron chi connectivity index (χ4n) is 1.61. The molecule has 104 valence electrons. The van der Waals surface area contributed by atoms with Crippen LogP contribution in [0.2, 0.25) is 0 Å². The van der Waals surface area contributed by atoms with Crippen LogP contribution in [0.1, 0.15) is 10.4 Å². The van der Waals surface area contributed by atoms with Crippen molar-refractivity contribution in [1.29, 1.82) is 5.26 Å². The van der Waals surface area contributed by atoms with Gasteiger partial charge in [-0.25, -0.2) is 8.42 Å². The first-order valence-electron chi connectivity index (χ1n) is 5.95. The van der Waals surface area contributed by atoms with E-state index in [0.29, 0.717) is 12.2 Å². The Labute approximate surface area is 122 Å². The van der Waals surface area contributed by atoms with Crippen LogP contribution < -0.4 is 0 Å². The van der Waals surface area contributed by atoms with Crippen LogP contribution in [-0.4, -0.2) is 20.8 Å². The van der Waals surface area contributed by atoms with Crippen molar-refractivity contribution in [3.05, 3.63) is 52.2 Å². The molecule has 0 unspecified atom stereocenters. The van der Waals surface area contributed by atoms with Gasteiger partial charge in [-0.15, -0.1) is 11.3 Å². The molecule has 2 aromatic rings. The molecule has 1 heterocycles. The van der Waals surface area contributed by atoms with Crippen molar-refractivity contribution < 1.29 is 13.2 Å². The minimum Gasteiger partial charge on any atom is -0.375 e. The summed E-state index contributed by atoms with van der Waals surface area (Å²) < 4.78 is 29.5. The van der Waals surface area contributed by atoms with Gasteiger partial charge in [0.25, 0.3) is 0 Å². The molecule has 0 aliphatic rings. The van der Waals surface area contributed by atoms with Gasteiger partial charge in [-0.05, 0) is 29.6 Å². The van der Waals surface area contributed by atoms with Gasteiger partial charge in [0.15, 0.2) is 9.84 Å². The fourth-order valence-corrected chi connectivity index (χ4v) is 3.42. The SMILES string of the molecule is N#Cc1cccc(S(=O)(=O)CCOCc2cccs2)c1. The van der Waals surface area contributed by atoms with E-state index in [2.05, 4.69) is 0 Å². The maximum absolute atomic E-state index is 12.1. The smallest absolute Gasteiger partial charge is 0.180 e.